The van der Waals surface area contributed by atoms with Crippen LogP contribution in [-0.4, -0.2) is 59.2 Å². The third-order valence-corrected chi connectivity index (χ3v) is 4.50. The van der Waals surface area contributed by atoms with E-state index in [4.69, 9.17) is 0 Å². The van der Waals surface area contributed by atoms with E-state index < -0.39 is 0 Å². The molecular weight excluding hydrogens is 224 g/mol. The Hall–Kier alpha value is -0.260. The lowest BCUT2D eigenvalue weighted by Crippen LogP contribution is -2.50. The van der Waals surface area contributed by atoms with Gasteiger partial charge in [-0.15, -0.1) is 0 Å². The van der Waals surface area contributed by atoms with E-state index in [0.29, 0.717) is 0 Å². The van der Waals surface area contributed by atoms with Crippen molar-refractivity contribution >= 4 is 17.7 Å². The van der Waals surface area contributed by atoms with Gasteiger partial charge in [0.05, 0.1) is 12.1 Å². The van der Waals surface area contributed by atoms with Crippen molar-refractivity contribution in [3.05, 3.63) is 0 Å². The molecule has 2 aliphatic rings. The number of hydrogen-bond donors (Lipinski definition) is 2. The van der Waals surface area contributed by atoms with Crippen LogP contribution in [0.25, 0.3) is 0 Å². The molecule has 0 spiro atoms. The molecule has 0 aromatic rings. The van der Waals surface area contributed by atoms with E-state index >= 15 is 0 Å². The second-order valence-corrected chi connectivity index (χ2v) is 5.81. The van der Waals surface area contributed by atoms with E-state index in [0.717, 1.165) is 37.6 Å². The zero-order valence-electron chi connectivity index (χ0n) is 9.69. The summed E-state index contributed by atoms with van der Waals surface area (Å²) in [5.74, 6) is 2.46. The van der Waals surface area contributed by atoms with Crippen LogP contribution in [-0.2, 0) is 4.79 Å². The molecule has 2 heterocycles. The summed E-state index contributed by atoms with van der Waals surface area (Å²) in [4.78, 5) is 14.0. The standard InChI is InChI=1S/C11H20N2O2S/c1-8(14)9-2-4-13(6-9)11(15)10-7-16-5-3-12-10/h8-10,12,14H,2-7H2,1H3. The number of nitrogens with zero attached hydrogens (tertiary/aromatic N) is 1. The summed E-state index contributed by atoms with van der Waals surface area (Å²) >= 11 is 1.84. The lowest BCUT2D eigenvalue weighted by Gasteiger charge is -2.27. The molecule has 0 aliphatic carbocycles. The molecule has 2 saturated heterocycles. The van der Waals surface area contributed by atoms with Crippen LogP contribution in [0.5, 0.6) is 0 Å². The largest absolute Gasteiger partial charge is 0.393 e. The van der Waals surface area contributed by atoms with Gasteiger partial charge in [-0.25, -0.2) is 0 Å². The van der Waals surface area contributed by atoms with Gasteiger partial charge in [0.15, 0.2) is 0 Å². The number of hydrogen-bond acceptors (Lipinski definition) is 4. The smallest absolute Gasteiger partial charge is 0.240 e. The third-order valence-electron chi connectivity index (χ3n) is 3.44. The fourth-order valence-electron chi connectivity index (χ4n) is 2.33. The second kappa shape index (κ2) is 5.38. The molecule has 1 amide bonds. The molecule has 5 heteroatoms. The van der Waals surface area contributed by atoms with E-state index in [-0.39, 0.29) is 24.0 Å². The Bertz CT molecular complexity index is 254. The molecule has 3 unspecified atom stereocenters. The Morgan fingerprint density at radius 1 is 1.62 bits per heavy atom. The molecule has 2 N–H and O–H groups in total. The van der Waals surface area contributed by atoms with Crippen molar-refractivity contribution in [2.75, 3.05) is 31.1 Å². The minimum atomic E-state index is -0.300. The average molecular weight is 244 g/mol. The summed E-state index contributed by atoms with van der Waals surface area (Å²) in [7, 11) is 0. The molecule has 0 bridgehead atoms. The summed E-state index contributed by atoms with van der Waals surface area (Å²) in [6, 6.07) is -0.00787. The molecule has 3 atom stereocenters. The third kappa shape index (κ3) is 2.70. The van der Waals surface area contributed by atoms with Gasteiger partial charge in [0.1, 0.15) is 0 Å². The molecule has 16 heavy (non-hydrogen) atoms. The summed E-state index contributed by atoms with van der Waals surface area (Å²) in [6.07, 6.45) is 0.634. The first-order valence-corrected chi connectivity index (χ1v) is 7.12. The topological polar surface area (TPSA) is 52.6 Å². The number of rotatable bonds is 2. The highest BCUT2D eigenvalue weighted by atomic mass is 32.2. The number of nitrogens with one attached hydrogen (secondary N) is 1. The van der Waals surface area contributed by atoms with E-state index in [1.807, 2.05) is 23.6 Å². The van der Waals surface area contributed by atoms with Gasteiger partial charge in [-0.05, 0) is 13.3 Å². The number of likely N-dealkylation sites (tertiary alicyclic amines) is 1. The van der Waals surface area contributed by atoms with Gasteiger partial charge in [-0.3, -0.25) is 4.79 Å². The minimum absolute atomic E-state index is 0.00787. The molecule has 2 fully saturated rings. The zero-order chi connectivity index (χ0) is 11.5. The van der Waals surface area contributed by atoms with Crippen LogP contribution >= 0.6 is 11.8 Å². The van der Waals surface area contributed by atoms with Gasteiger partial charge in [-0.1, -0.05) is 0 Å². The monoisotopic (exact) mass is 244 g/mol. The number of thioether (sulfide) groups is 1. The number of amides is 1. The SMILES string of the molecule is CC(O)C1CCN(C(=O)C2CSCCN2)C1. The van der Waals surface area contributed by atoms with Crippen LogP contribution in [0.1, 0.15) is 13.3 Å². The van der Waals surface area contributed by atoms with Gasteiger partial charge >= 0.3 is 0 Å². The highest BCUT2D eigenvalue weighted by molar-refractivity contribution is 7.99. The Labute approximate surface area is 101 Å². The van der Waals surface area contributed by atoms with Crippen molar-refractivity contribution in [1.29, 1.82) is 0 Å². The van der Waals surface area contributed by atoms with Crippen molar-refractivity contribution in [3.8, 4) is 0 Å². The normalized spacial score (nSPS) is 32.8. The molecule has 92 valence electrons. The molecule has 0 saturated carbocycles. The predicted octanol–water partition coefficient (Wildman–Crippen LogP) is -0.0793. The van der Waals surface area contributed by atoms with Crippen LogP contribution in [0.2, 0.25) is 0 Å². The fraction of sp³-hybridized carbons (Fsp3) is 0.909. The lowest BCUT2D eigenvalue weighted by molar-refractivity contribution is -0.132. The van der Waals surface area contributed by atoms with E-state index in [2.05, 4.69) is 5.32 Å². The van der Waals surface area contributed by atoms with Crippen molar-refractivity contribution in [2.24, 2.45) is 5.92 Å². The Morgan fingerprint density at radius 2 is 2.44 bits per heavy atom. The van der Waals surface area contributed by atoms with Gasteiger partial charge < -0.3 is 15.3 Å². The molecule has 2 aliphatic heterocycles. The molecule has 0 radical (unpaired) electrons. The summed E-state index contributed by atoms with van der Waals surface area (Å²) < 4.78 is 0. The summed E-state index contributed by atoms with van der Waals surface area (Å²) in [6.45, 7) is 4.26. The Morgan fingerprint density at radius 3 is 3.00 bits per heavy atom. The molecular formula is C11H20N2O2S. The zero-order valence-corrected chi connectivity index (χ0v) is 10.5. The molecule has 2 rings (SSSR count). The highest BCUT2D eigenvalue weighted by Crippen LogP contribution is 2.21. The van der Waals surface area contributed by atoms with Crippen molar-refractivity contribution < 1.29 is 9.90 Å². The fourth-order valence-corrected chi connectivity index (χ4v) is 3.25. The minimum Gasteiger partial charge on any atom is -0.393 e. The maximum absolute atomic E-state index is 12.1. The first-order valence-electron chi connectivity index (χ1n) is 5.96. The van der Waals surface area contributed by atoms with Crippen molar-refractivity contribution in [1.82, 2.24) is 10.2 Å². The van der Waals surface area contributed by atoms with E-state index in [1.165, 1.54) is 0 Å². The maximum atomic E-state index is 12.1. The van der Waals surface area contributed by atoms with Gasteiger partial charge in [0.25, 0.3) is 0 Å². The summed E-state index contributed by atoms with van der Waals surface area (Å²) in [5.41, 5.74) is 0. The lowest BCUT2D eigenvalue weighted by atomic mass is 10.0. The van der Waals surface area contributed by atoms with Crippen LogP contribution in [0.4, 0.5) is 0 Å². The van der Waals surface area contributed by atoms with E-state index in [9.17, 15) is 9.90 Å². The highest BCUT2D eigenvalue weighted by Gasteiger charge is 2.33. The first-order chi connectivity index (χ1) is 7.68. The summed E-state index contributed by atoms with van der Waals surface area (Å²) in [5, 5.41) is 12.8. The number of aliphatic hydroxyl groups excluding tert-OH is 1. The maximum Gasteiger partial charge on any atom is 0.240 e. The number of carbonyl (C=O) groups excluding carboxylic acids is 1. The van der Waals surface area contributed by atoms with E-state index in [1.54, 1.807) is 0 Å². The second-order valence-electron chi connectivity index (χ2n) is 4.66. The quantitative estimate of drug-likeness (QED) is 0.713. The Balaban J connectivity index is 1.86. The van der Waals surface area contributed by atoms with Crippen LogP contribution < -0.4 is 5.32 Å². The van der Waals surface area contributed by atoms with Crippen molar-refractivity contribution in [2.45, 2.75) is 25.5 Å². The van der Waals surface area contributed by atoms with Gasteiger partial charge in [-0.2, -0.15) is 11.8 Å². The van der Waals surface area contributed by atoms with Crippen LogP contribution in [0.15, 0.2) is 0 Å². The Kier molecular flexibility index (Phi) is 4.10. The van der Waals surface area contributed by atoms with Gasteiger partial charge in [0.2, 0.25) is 5.91 Å². The van der Waals surface area contributed by atoms with Crippen molar-refractivity contribution in [3.63, 3.8) is 0 Å². The molecule has 4 nitrogen and oxygen atoms in total. The number of carbonyl (C=O) groups is 1. The van der Waals surface area contributed by atoms with Crippen LogP contribution in [0, 0.1) is 5.92 Å². The predicted molar refractivity (Wildman–Crippen MR) is 65.5 cm³/mol. The van der Waals surface area contributed by atoms with Gasteiger partial charge in [0, 0.05) is 37.1 Å². The molecule has 0 aromatic carbocycles. The molecule has 0 aromatic heterocycles. The average Bonchev–Trinajstić information content (AvgIpc) is 2.78. The number of aliphatic hydroxyl groups is 1. The first kappa shape index (κ1) is 12.2. The van der Waals surface area contributed by atoms with Crippen LogP contribution in [0.3, 0.4) is 0 Å².